The molecule has 21 heavy (non-hydrogen) atoms. The highest BCUT2D eigenvalue weighted by molar-refractivity contribution is 6.30. The molecule has 0 fully saturated rings. The highest BCUT2D eigenvalue weighted by Gasteiger charge is 2.09. The van der Waals surface area contributed by atoms with Crippen LogP contribution in [-0.4, -0.2) is 38.6 Å². The Morgan fingerprint density at radius 1 is 1.24 bits per heavy atom. The molecule has 0 spiro atoms. The second-order valence-electron chi connectivity index (χ2n) is 4.36. The Labute approximate surface area is 131 Å². The van der Waals surface area contributed by atoms with Crippen LogP contribution in [0.3, 0.4) is 0 Å². The van der Waals surface area contributed by atoms with Crippen LogP contribution in [0, 0.1) is 0 Å². The van der Waals surface area contributed by atoms with Crippen molar-refractivity contribution in [3.05, 3.63) is 34.9 Å². The predicted molar refractivity (Wildman–Crippen MR) is 83.6 cm³/mol. The zero-order valence-electron chi connectivity index (χ0n) is 12.5. The van der Waals surface area contributed by atoms with Crippen molar-refractivity contribution in [1.82, 2.24) is 10.6 Å². The van der Waals surface area contributed by atoms with Crippen LogP contribution in [0.2, 0.25) is 5.02 Å². The van der Waals surface area contributed by atoms with Gasteiger partial charge in [0.15, 0.2) is 6.29 Å². The van der Waals surface area contributed by atoms with Gasteiger partial charge in [0.1, 0.15) is 0 Å². The lowest BCUT2D eigenvalue weighted by atomic mass is 10.1. The maximum absolute atomic E-state index is 11.7. The summed E-state index contributed by atoms with van der Waals surface area (Å²) in [6.45, 7) is 5.73. The summed E-state index contributed by atoms with van der Waals surface area (Å²) < 4.78 is 10.7. The minimum Gasteiger partial charge on any atom is -0.351 e. The van der Waals surface area contributed by atoms with E-state index in [4.69, 9.17) is 21.1 Å². The molecule has 0 atom stereocenters. The fourth-order valence-corrected chi connectivity index (χ4v) is 2.00. The number of urea groups is 1. The Hall–Kier alpha value is -1.30. The van der Waals surface area contributed by atoms with Crippen molar-refractivity contribution in [3.63, 3.8) is 0 Å². The number of hydrogen-bond acceptors (Lipinski definition) is 3. The van der Waals surface area contributed by atoms with Crippen molar-refractivity contribution < 1.29 is 14.3 Å². The van der Waals surface area contributed by atoms with Crippen LogP contribution in [0.5, 0.6) is 0 Å². The van der Waals surface area contributed by atoms with E-state index in [0.717, 1.165) is 12.0 Å². The number of hydrogen-bond donors (Lipinski definition) is 2. The molecule has 0 unspecified atom stereocenters. The summed E-state index contributed by atoms with van der Waals surface area (Å²) in [4.78, 5) is 11.7. The molecular weight excluding hydrogens is 292 g/mol. The standard InChI is InChI=1S/C15H23ClN2O3/c1-3-20-14(21-4-2)11-18-15(19)17-9-8-12-6-5-7-13(16)10-12/h5-7,10,14H,3-4,8-9,11H2,1-2H3,(H2,17,18,19). The summed E-state index contributed by atoms with van der Waals surface area (Å²) >= 11 is 5.90. The van der Waals surface area contributed by atoms with Crippen LogP contribution >= 0.6 is 11.6 Å². The fourth-order valence-electron chi connectivity index (χ4n) is 1.79. The summed E-state index contributed by atoms with van der Waals surface area (Å²) in [7, 11) is 0. The molecule has 1 aromatic carbocycles. The second-order valence-corrected chi connectivity index (χ2v) is 4.79. The van der Waals surface area contributed by atoms with Gasteiger partial charge in [-0.2, -0.15) is 0 Å². The molecule has 6 heteroatoms. The zero-order valence-corrected chi connectivity index (χ0v) is 13.3. The molecule has 0 aliphatic rings. The number of halogens is 1. The first-order valence-corrected chi connectivity index (χ1v) is 7.52. The molecule has 2 amide bonds. The number of amides is 2. The molecule has 0 aliphatic carbocycles. The molecule has 0 saturated heterocycles. The van der Waals surface area contributed by atoms with Gasteiger partial charge in [0, 0.05) is 24.8 Å². The van der Waals surface area contributed by atoms with Crippen LogP contribution in [0.1, 0.15) is 19.4 Å². The molecule has 1 aromatic rings. The normalized spacial score (nSPS) is 10.7. The fraction of sp³-hybridized carbons (Fsp3) is 0.533. The maximum Gasteiger partial charge on any atom is 0.314 e. The van der Waals surface area contributed by atoms with Crippen LogP contribution in [0.4, 0.5) is 4.79 Å². The van der Waals surface area contributed by atoms with E-state index in [1.807, 2.05) is 38.1 Å². The summed E-state index contributed by atoms with van der Waals surface area (Å²) in [6.07, 6.45) is 0.326. The van der Waals surface area contributed by atoms with Crippen molar-refractivity contribution in [1.29, 1.82) is 0 Å². The molecule has 0 aromatic heterocycles. The molecule has 118 valence electrons. The van der Waals surface area contributed by atoms with E-state index in [2.05, 4.69) is 10.6 Å². The van der Waals surface area contributed by atoms with E-state index in [1.54, 1.807) is 0 Å². The van der Waals surface area contributed by atoms with Gasteiger partial charge in [-0.25, -0.2) is 4.79 Å². The molecular formula is C15H23ClN2O3. The number of carbonyl (C=O) groups is 1. The van der Waals surface area contributed by atoms with Crippen LogP contribution in [-0.2, 0) is 15.9 Å². The average molecular weight is 315 g/mol. The highest BCUT2D eigenvalue weighted by atomic mass is 35.5. The van der Waals surface area contributed by atoms with Gasteiger partial charge < -0.3 is 20.1 Å². The quantitative estimate of drug-likeness (QED) is 0.689. The van der Waals surface area contributed by atoms with E-state index in [1.165, 1.54) is 0 Å². The topological polar surface area (TPSA) is 59.6 Å². The zero-order chi connectivity index (χ0) is 15.5. The third kappa shape index (κ3) is 7.90. The van der Waals surface area contributed by atoms with Gasteiger partial charge in [-0.15, -0.1) is 0 Å². The maximum atomic E-state index is 11.7. The monoisotopic (exact) mass is 314 g/mol. The minimum atomic E-state index is -0.404. The lowest BCUT2D eigenvalue weighted by molar-refractivity contribution is -0.131. The van der Waals surface area contributed by atoms with Gasteiger partial charge >= 0.3 is 6.03 Å². The number of ether oxygens (including phenoxy) is 2. The van der Waals surface area contributed by atoms with Gasteiger partial charge in [-0.1, -0.05) is 23.7 Å². The lowest BCUT2D eigenvalue weighted by Crippen LogP contribution is -2.42. The molecule has 0 bridgehead atoms. The van der Waals surface area contributed by atoms with E-state index in [0.29, 0.717) is 31.3 Å². The van der Waals surface area contributed by atoms with E-state index < -0.39 is 6.29 Å². The van der Waals surface area contributed by atoms with Crippen molar-refractivity contribution in [2.75, 3.05) is 26.3 Å². The second kappa shape index (κ2) is 10.4. The predicted octanol–water partition coefficient (Wildman–Crippen LogP) is 2.58. The first-order chi connectivity index (χ1) is 10.2. The van der Waals surface area contributed by atoms with Gasteiger partial charge in [0.05, 0.1) is 6.54 Å². The molecule has 5 nitrogen and oxygen atoms in total. The Kier molecular flexibility index (Phi) is 8.82. The average Bonchev–Trinajstić information content (AvgIpc) is 2.45. The van der Waals surface area contributed by atoms with E-state index in [9.17, 15) is 4.79 Å². The largest absolute Gasteiger partial charge is 0.351 e. The SMILES string of the molecule is CCOC(CNC(=O)NCCc1cccc(Cl)c1)OCC. The Bertz CT molecular complexity index is 423. The van der Waals surface area contributed by atoms with Gasteiger partial charge in [-0.3, -0.25) is 0 Å². The molecule has 2 N–H and O–H groups in total. The summed E-state index contributed by atoms with van der Waals surface area (Å²) in [5.74, 6) is 0. The molecule has 0 saturated carbocycles. The number of rotatable bonds is 9. The Balaban J connectivity index is 2.21. The molecule has 0 radical (unpaired) electrons. The summed E-state index contributed by atoms with van der Waals surface area (Å²) in [5, 5.41) is 6.21. The molecule has 1 rings (SSSR count). The third-order valence-electron chi connectivity index (χ3n) is 2.72. The Morgan fingerprint density at radius 3 is 2.57 bits per heavy atom. The van der Waals surface area contributed by atoms with Crippen molar-refractivity contribution in [2.45, 2.75) is 26.6 Å². The molecule has 0 heterocycles. The molecule has 0 aliphatic heterocycles. The minimum absolute atomic E-state index is 0.235. The number of benzene rings is 1. The van der Waals surface area contributed by atoms with Gasteiger partial charge in [-0.05, 0) is 38.0 Å². The highest BCUT2D eigenvalue weighted by Crippen LogP contribution is 2.10. The van der Waals surface area contributed by atoms with Crippen LogP contribution < -0.4 is 10.6 Å². The van der Waals surface area contributed by atoms with Gasteiger partial charge in [0.25, 0.3) is 0 Å². The van der Waals surface area contributed by atoms with E-state index >= 15 is 0 Å². The smallest absolute Gasteiger partial charge is 0.314 e. The van der Waals surface area contributed by atoms with Crippen molar-refractivity contribution >= 4 is 17.6 Å². The van der Waals surface area contributed by atoms with Gasteiger partial charge in [0.2, 0.25) is 0 Å². The number of nitrogens with one attached hydrogen (secondary N) is 2. The van der Waals surface area contributed by atoms with E-state index in [-0.39, 0.29) is 6.03 Å². The summed E-state index contributed by atoms with van der Waals surface area (Å²) in [6, 6.07) is 7.35. The number of carbonyl (C=O) groups excluding carboxylic acids is 1. The first-order valence-electron chi connectivity index (χ1n) is 7.15. The third-order valence-corrected chi connectivity index (χ3v) is 2.96. The van der Waals surface area contributed by atoms with Crippen LogP contribution in [0.15, 0.2) is 24.3 Å². The first kappa shape index (κ1) is 17.8. The lowest BCUT2D eigenvalue weighted by Gasteiger charge is -2.17. The Morgan fingerprint density at radius 2 is 1.95 bits per heavy atom. The van der Waals surface area contributed by atoms with Crippen molar-refractivity contribution in [2.24, 2.45) is 0 Å². The summed E-state index contributed by atoms with van der Waals surface area (Å²) in [5.41, 5.74) is 1.09. The van der Waals surface area contributed by atoms with Crippen molar-refractivity contribution in [3.8, 4) is 0 Å². The van der Waals surface area contributed by atoms with Crippen LogP contribution in [0.25, 0.3) is 0 Å².